The average molecular weight is 344 g/mol. The molecule has 2 N–H and O–H groups in total. The van der Waals surface area contributed by atoms with Crippen LogP contribution in [0, 0.1) is 0 Å². The highest BCUT2D eigenvalue weighted by Gasteiger charge is 2.24. The fourth-order valence-electron chi connectivity index (χ4n) is 2.87. The first kappa shape index (κ1) is 16.6. The molecule has 2 heterocycles. The molecule has 0 spiro atoms. The molecule has 1 fully saturated rings. The lowest BCUT2D eigenvalue weighted by Crippen LogP contribution is -2.32. The van der Waals surface area contributed by atoms with Crippen LogP contribution >= 0.6 is 35.3 Å². The molecule has 0 aliphatic carbocycles. The van der Waals surface area contributed by atoms with Crippen molar-refractivity contribution in [1.82, 2.24) is 9.88 Å². The molecule has 2 aromatic rings. The summed E-state index contributed by atoms with van der Waals surface area (Å²) >= 11 is 7.71. The molecular formula is C15H19Cl2N3S. The Kier molecular flexibility index (Phi) is 5.88. The predicted octanol–water partition coefficient (Wildman–Crippen LogP) is 4.53. The number of anilines is 1. The molecule has 3 rings (SSSR count). The molecule has 6 heteroatoms. The number of hydrogen-bond donors (Lipinski definition) is 1. The molecule has 1 atom stereocenters. The predicted molar refractivity (Wildman–Crippen MR) is 92.2 cm³/mol. The van der Waals surface area contributed by atoms with Crippen LogP contribution in [0.2, 0.25) is 5.02 Å². The molecule has 0 bridgehead atoms. The SMILES string of the molecule is Cl.Nc1ncc(CN2CCCCC2c2cccc(Cl)c2)s1. The van der Waals surface area contributed by atoms with Crippen molar-refractivity contribution in [3.8, 4) is 0 Å². The van der Waals surface area contributed by atoms with Crippen LogP contribution in [0.25, 0.3) is 0 Å². The maximum Gasteiger partial charge on any atom is 0.180 e. The van der Waals surface area contributed by atoms with Gasteiger partial charge in [-0.25, -0.2) is 4.98 Å². The first-order valence-electron chi connectivity index (χ1n) is 6.92. The van der Waals surface area contributed by atoms with Gasteiger partial charge in [-0.1, -0.05) is 30.2 Å². The van der Waals surface area contributed by atoms with Crippen LogP contribution in [0.5, 0.6) is 0 Å². The van der Waals surface area contributed by atoms with Crippen molar-refractivity contribution in [2.24, 2.45) is 0 Å². The van der Waals surface area contributed by atoms with Gasteiger partial charge in [0.05, 0.1) is 0 Å². The van der Waals surface area contributed by atoms with Crippen molar-refractivity contribution in [3.63, 3.8) is 0 Å². The topological polar surface area (TPSA) is 42.1 Å². The van der Waals surface area contributed by atoms with Gasteiger partial charge in [-0.15, -0.1) is 23.7 Å². The Morgan fingerprint density at radius 1 is 1.38 bits per heavy atom. The zero-order valence-corrected chi connectivity index (χ0v) is 14.1. The summed E-state index contributed by atoms with van der Waals surface area (Å²) in [4.78, 5) is 7.89. The quantitative estimate of drug-likeness (QED) is 0.890. The molecule has 1 aliphatic rings. The van der Waals surface area contributed by atoms with E-state index in [1.807, 2.05) is 18.3 Å². The second-order valence-electron chi connectivity index (χ2n) is 5.20. The average Bonchev–Trinajstić information content (AvgIpc) is 2.85. The Morgan fingerprint density at radius 2 is 2.24 bits per heavy atom. The molecule has 0 saturated carbocycles. The van der Waals surface area contributed by atoms with E-state index in [9.17, 15) is 0 Å². The summed E-state index contributed by atoms with van der Waals surface area (Å²) in [7, 11) is 0. The number of aromatic nitrogens is 1. The number of thiazole rings is 1. The van der Waals surface area contributed by atoms with E-state index < -0.39 is 0 Å². The summed E-state index contributed by atoms with van der Waals surface area (Å²) < 4.78 is 0. The largest absolute Gasteiger partial charge is 0.375 e. The summed E-state index contributed by atoms with van der Waals surface area (Å²) in [5.41, 5.74) is 7.04. The summed E-state index contributed by atoms with van der Waals surface area (Å²) in [6.45, 7) is 2.04. The first-order valence-corrected chi connectivity index (χ1v) is 8.11. The molecule has 1 saturated heterocycles. The van der Waals surface area contributed by atoms with Gasteiger partial charge in [0.15, 0.2) is 5.13 Å². The van der Waals surface area contributed by atoms with Crippen LogP contribution in [-0.2, 0) is 6.54 Å². The number of halogens is 2. The maximum absolute atomic E-state index is 6.13. The smallest absolute Gasteiger partial charge is 0.180 e. The van der Waals surface area contributed by atoms with Crippen molar-refractivity contribution in [1.29, 1.82) is 0 Å². The number of nitrogen functional groups attached to an aromatic ring is 1. The second-order valence-corrected chi connectivity index (χ2v) is 6.79. The maximum atomic E-state index is 6.13. The lowest BCUT2D eigenvalue weighted by Gasteiger charge is -2.35. The Morgan fingerprint density at radius 3 is 2.95 bits per heavy atom. The third-order valence-electron chi connectivity index (χ3n) is 3.78. The number of nitrogens with two attached hydrogens (primary N) is 1. The Bertz CT molecular complexity index is 588. The molecule has 0 radical (unpaired) electrons. The van der Waals surface area contributed by atoms with Crippen molar-refractivity contribution in [2.45, 2.75) is 31.8 Å². The number of nitrogens with zero attached hydrogens (tertiary/aromatic N) is 2. The molecule has 1 aromatic carbocycles. The molecule has 114 valence electrons. The van der Waals surface area contributed by atoms with Crippen molar-refractivity contribution in [2.75, 3.05) is 12.3 Å². The molecule has 0 amide bonds. The Labute approximate surface area is 140 Å². The van der Waals surface area contributed by atoms with Crippen LogP contribution in [0.15, 0.2) is 30.5 Å². The van der Waals surface area contributed by atoms with Crippen LogP contribution in [0.3, 0.4) is 0 Å². The molecular weight excluding hydrogens is 325 g/mol. The minimum Gasteiger partial charge on any atom is -0.375 e. The van der Waals surface area contributed by atoms with E-state index in [2.05, 4.69) is 22.0 Å². The lowest BCUT2D eigenvalue weighted by molar-refractivity contribution is 0.142. The highest BCUT2D eigenvalue weighted by atomic mass is 35.5. The van der Waals surface area contributed by atoms with Crippen molar-refractivity contribution in [3.05, 3.63) is 45.9 Å². The Hall–Kier alpha value is -0.810. The monoisotopic (exact) mass is 343 g/mol. The minimum atomic E-state index is 0. The summed E-state index contributed by atoms with van der Waals surface area (Å²) in [5, 5.41) is 1.46. The van der Waals surface area contributed by atoms with Gasteiger partial charge in [-0.2, -0.15) is 0 Å². The van der Waals surface area contributed by atoms with Gasteiger partial charge < -0.3 is 5.73 Å². The van der Waals surface area contributed by atoms with Gasteiger partial charge in [-0.05, 0) is 37.1 Å². The highest BCUT2D eigenvalue weighted by molar-refractivity contribution is 7.15. The van der Waals surface area contributed by atoms with Gasteiger partial charge in [-0.3, -0.25) is 4.90 Å². The fourth-order valence-corrected chi connectivity index (χ4v) is 3.78. The van der Waals surface area contributed by atoms with Crippen LogP contribution in [-0.4, -0.2) is 16.4 Å². The normalized spacial score (nSPS) is 19.2. The van der Waals surface area contributed by atoms with E-state index in [1.54, 1.807) is 11.3 Å². The standard InChI is InChI=1S/C15H18ClN3S.ClH/c16-12-5-3-4-11(8-12)14-6-1-2-7-19(14)10-13-9-18-15(17)20-13;/h3-5,8-9,14H,1-2,6-7,10H2,(H2,17,18);1H. The molecule has 3 nitrogen and oxygen atoms in total. The van der Waals surface area contributed by atoms with E-state index in [-0.39, 0.29) is 12.4 Å². The van der Waals surface area contributed by atoms with Gasteiger partial charge in [0.1, 0.15) is 0 Å². The molecule has 1 aromatic heterocycles. The number of hydrogen-bond acceptors (Lipinski definition) is 4. The minimum absolute atomic E-state index is 0. The number of benzene rings is 1. The van der Waals surface area contributed by atoms with Crippen LogP contribution in [0.1, 0.15) is 35.7 Å². The van der Waals surface area contributed by atoms with E-state index in [0.29, 0.717) is 11.2 Å². The lowest BCUT2D eigenvalue weighted by atomic mass is 9.95. The van der Waals surface area contributed by atoms with Crippen LogP contribution in [0.4, 0.5) is 5.13 Å². The van der Waals surface area contributed by atoms with E-state index >= 15 is 0 Å². The van der Waals surface area contributed by atoms with E-state index in [1.165, 1.54) is 29.7 Å². The van der Waals surface area contributed by atoms with Crippen molar-refractivity contribution < 1.29 is 0 Å². The number of rotatable bonds is 3. The first-order chi connectivity index (χ1) is 9.72. The van der Waals surface area contributed by atoms with E-state index in [0.717, 1.165) is 18.1 Å². The summed E-state index contributed by atoms with van der Waals surface area (Å²) in [5.74, 6) is 0. The summed E-state index contributed by atoms with van der Waals surface area (Å²) in [6.07, 6.45) is 5.61. The summed E-state index contributed by atoms with van der Waals surface area (Å²) in [6, 6.07) is 8.68. The molecule has 1 unspecified atom stereocenters. The fraction of sp³-hybridized carbons (Fsp3) is 0.400. The van der Waals surface area contributed by atoms with Gasteiger partial charge in [0, 0.05) is 28.7 Å². The van der Waals surface area contributed by atoms with Gasteiger partial charge in [0.25, 0.3) is 0 Å². The van der Waals surface area contributed by atoms with E-state index in [4.69, 9.17) is 17.3 Å². The zero-order chi connectivity index (χ0) is 13.9. The third-order valence-corrected chi connectivity index (χ3v) is 4.82. The zero-order valence-electron chi connectivity index (χ0n) is 11.7. The van der Waals surface area contributed by atoms with Gasteiger partial charge in [0.2, 0.25) is 0 Å². The third kappa shape index (κ3) is 4.10. The van der Waals surface area contributed by atoms with Crippen molar-refractivity contribution >= 4 is 40.5 Å². The second kappa shape index (κ2) is 7.45. The Balaban J connectivity index is 0.00000161. The highest BCUT2D eigenvalue weighted by Crippen LogP contribution is 2.33. The van der Waals surface area contributed by atoms with Crippen LogP contribution < -0.4 is 5.73 Å². The van der Waals surface area contributed by atoms with Gasteiger partial charge >= 0.3 is 0 Å². The number of piperidine rings is 1. The molecule has 21 heavy (non-hydrogen) atoms. The molecule has 1 aliphatic heterocycles. The number of likely N-dealkylation sites (tertiary alicyclic amines) is 1.